The minimum atomic E-state index is 0.120. The Labute approximate surface area is 175 Å². The van der Waals surface area contributed by atoms with E-state index in [1.54, 1.807) is 0 Å². The largest absolute Gasteiger partial charge is 0.454 e. The Morgan fingerprint density at radius 1 is 0.833 bits per heavy atom. The molecule has 1 fully saturated rings. The van der Waals surface area contributed by atoms with Crippen LogP contribution in [-0.4, -0.2) is 46.2 Å². The number of benzene rings is 2. The number of rotatable bonds is 4. The summed E-state index contributed by atoms with van der Waals surface area (Å²) in [6.07, 6.45) is 2.05. The molecule has 3 aliphatic heterocycles. The molecule has 6 nitrogen and oxygen atoms in total. The Balaban J connectivity index is 1.27. The van der Waals surface area contributed by atoms with Crippen molar-refractivity contribution in [2.75, 3.05) is 19.9 Å². The number of ether oxygens (including phenoxy) is 2. The van der Waals surface area contributed by atoms with Gasteiger partial charge in [0.25, 0.3) is 5.91 Å². The third-order valence-electron chi connectivity index (χ3n) is 6.39. The second-order valence-electron chi connectivity index (χ2n) is 8.24. The molecule has 3 aliphatic rings. The Bertz CT molecular complexity index is 1090. The maximum atomic E-state index is 13.3. The molecule has 4 heterocycles. The van der Waals surface area contributed by atoms with Crippen molar-refractivity contribution in [1.29, 1.82) is 0 Å². The second-order valence-corrected chi connectivity index (χ2v) is 8.24. The predicted molar refractivity (Wildman–Crippen MR) is 111 cm³/mol. The van der Waals surface area contributed by atoms with Gasteiger partial charge < -0.3 is 18.9 Å². The van der Waals surface area contributed by atoms with Crippen LogP contribution in [0, 0.1) is 0 Å². The lowest BCUT2D eigenvalue weighted by Gasteiger charge is -2.38. The van der Waals surface area contributed by atoms with Crippen LogP contribution in [0.2, 0.25) is 0 Å². The number of fused-ring (bicyclic) bond motifs is 4. The van der Waals surface area contributed by atoms with Crippen LogP contribution < -0.4 is 9.47 Å². The quantitative estimate of drug-likeness (QED) is 0.673. The van der Waals surface area contributed by atoms with Crippen LogP contribution in [0.1, 0.15) is 27.7 Å². The molecular weight excluding hydrogens is 378 g/mol. The molecule has 2 atom stereocenters. The van der Waals surface area contributed by atoms with Crippen LogP contribution in [0.15, 0.2) is 66.9 Å². The molecule has 0 unspecified atom stereocenters. The van der Waals surface area contributed by atoms with Crippen LogP contribution in [-0.2, 0) is 13.1 Å². The van der Waals surface area contributed by atoms with Crippen LogP contribution in [0.4, 0.5) is 0 Å². The maximum absolute atomic E-state index is 13.3. The Morgan fingerprint density at radius 2 is 1.67 bits per heavy atom. The Kier molecular flexibility index (Phi) is 4.06. The fraction of sp³-hybridized carbons (Fsp3) is 0.292. The zero-order valence-electron chi connectivity index (χ0n) is 16.6. The second kappa shape index (κ2) is 6.92. The monoisotopic (exact) mass is 401 g/mol. The first-order chi connectivity index (χ1) is 14.8. The number of amides is 1. The summed E-state index contributed by atoms with van der Waals surface area (Å²) in [7, 11) is 0. The van der Waals surface area contributed by atoms with Crippen molar-refractivity contribution in [1.82, 2.24) is 14.4 Å². The molecule has 0 aliphatic carbocycles. The van der Waals surface area contributed by atoms with E-state index in [0.717, 1.165) is 36.8 Å². The molecule has 3 aromatic rings. The lowest BCUT2D eigenvalue weighted by atomic mass is 10.0. The van der Waals surface area contributed by atoms with Gasteiger partial charge >= 0.3 is 0 Å². The molecule has 6 rings (SSSR count). The summed E-state index contributed by atoms with van der Waals surface area (Å²) >= 11 is 0. The maximum Gasteiger partial charge on any atom is 0.271 e. The Hall–Kier alpha value is -3.25. The minimum Gasteiger partial charge on any atom is -0.454 e. The molecule has 1 aromatic heterocycles. The number of carbonyl (C=O) groups is 1. The topological polar surface area (TPSA) is 46.9 Å². The molecule has 152 valence electrons. The molecule has 0 saturated carbocycles. The van der Waals surface area contributed by atoms with Crippen molar-refractivity contribution < 1.29 is 14.3 Å². The van der Waals surface area contributed by atoms with Crippen LogP contribution in [0.25, 0.3) is 0 Å². The van der Waals surface area contributed by atoms with E-state index in [1.165, 1.54) is 11.1 Å². The first-order valence-electron chi connectivity index (χ1n) is 10.4. The van der Waals surface area contributed by atoms with Crippen LogP contribution in [0.5, 0.6) is 11.5 Å². The van der Waals surface area contributed by atoms with Gasteiger partial charge in [-0.15, -0.1) is 0 Å². The van der Waals surface area contributed by atoms with E-state index in [2.05, 4.69) is 44.8 Å². The van der Waals surface area contributed by atoms with Gasteiger partial charge in [-0.05, 0) is 35.4 Å². The number of aromatic nitrogens is 1. The lowest BCUT2D eigenvalue weighted by Crippen LogP contribution is -2.49. The molecule has 6 heteroatoms. The molecular formula is C24H23N3O3. The molecule has 0 radical (unpaired) electrons. The number of carbonyl (C=O) groups excluding carboxylic acids is 1. The molecule has 30 heavy (non-hydrogen) atoms. The SMILES string of the molecule is O=C1c2cccn2[C@@H]2CN(Cc3ccc4c(c3)OCO4)C[C@H]2N1Cc1ccccc1. The van der Waals surface area contributed by atoms with Crippen molar-refractivity contribution in [3.05, 3.63) is 83.7 Å². The lowest BCUT2D eigenvalue weighted by molar-refractivity contribution is 0.0556. The number of hydrogen-bond donors (Lipinski definition) is 0. The summed E-state index contributed by atoms with van der Waals surface area (Å²) in [6.45, 7) is 3.53. The van der Waals surface area contributed by atoms with Gasteiger partial charge in [0, 0.05) is 32.4 Å². The molecule has 0 N–H and O–H groups in total. The van der Waals surface area contributed by atoms with Crippen molar-refractivity contribution >= 4 is 5.91 Å². The van der Waals surface area contributed by atoms with Gasteiger partial charge in [-0.3, -0.25) is 9.69 Å². The zero-order valence-corrected chi connectivity index (χ0v) is 16.6. The van der Waals surface area contributed by atoms with Crippen molar-refractivity contribution in [2.24, 2.45) is 0 Å². The van der Waals surface area contributed by atoms with Crippen LogP contribution >= 0.6 is 0 Å². The third kappa shape index (κ3) is 2.87. The predicted octanol–water partition coefficient (Wildman–Crippen LogP) is 3.30. The van der Waals surface area contributed by atoms with Crippen molar-refractivity contribution in [3.63, 3.8) is 0 Å². The average molecular weight is 401 g/mol. The molecule has 2 aromatic carbocycles. The van der Waals surface area contributed by atoms with Gasteiger partial charge in [-0.2, -0.15) is 0 Å². The molecule has 1 saturated heterocycles. The highest BCUT2D eigenvalue weighted by Gasteiger charge is 2.44. The summed E-state index contributed by atoms with van der Waals surface area (Å²) in [5.74, 6) is 1.75. The fourth-order valence-electron chi connectivity index (χ4n) is 4.98. The fourth-order valence-corrected chi connectivity index (χ4v) is 4.98. The summed E-state index contributed by atoms with van der Waals surface area (Å²) in [5.41, 5.74) is 3.16. The smallest absolute Gasteiger partial charge is 0.271 e. The van der Waals surface area contributed by atoms with E-state index >= 15 is 0 Å². The van der Waals surface area contributed by atoms with E-state index in [0.29, 0.717) is 13.3 Å². The van der Waals surface area contributed by atoms with Gasteiger partial charge in [0.1, 0.15) is 5.69 Å². The average Bonchev–Trinajstić information content (AvgIpc) is 3.50. The van der Waals surface area contributed by atoms with Gasteiger partial charge in [0.15, 0.2) is 11.5 Å². The summed E-state index contributed by atoms with van der Waals surface area (Å²) < 4.78 is 13.1. The van der Waals surface area contributed by atoms with Crippen molar-refractivity contribution in [2.45, 2.75) is 25.2 Å². The molecule has 0 bridgehead atoms. The van der Waals surface area contributed by atoms with Gasteiger partial charge in [0.05, 0.1) is 12.1 Å². The Morgan fingerprint density at radius 3 is 2.57 bits per heavy atom. The normalized spacial score (nSPS) is 22.3. The van der Waals surface area contributed by atoms with E-state index < -0.39 is 0 Å². The third-order valence-corrected chi connectivity index (χ3v) is 6.39. The number of likely N-dealkylation sites (tertiary alicyclic amines) is 1. The van der Waals surface area contributed by atoms with Crippen molar-refractivity contribution in [3.8, 4) is 11.5 Å². The van der Waals surface area contributed by atoms with Crippen LogP contribution in [0.3, 0.4) is 0 Å². The van der Waals surface area contributed by atoms with E-state index in [4.69, 9.17) is 9.47 Å². The molecule has 0 spiro atoms. The first kappa shape index (κ1) is 17.6. The van der Waals surface area contributed by atoms with E-state index in [9.17, 15) is 4.79 Å². The van der Waals surface area contributed by atoms with Gasteiger partial charge in [0.2, 0.25) is 6.79 Å². The highest BCUT2D eigenvalue weighted by atomic mass is 16.7. The standard InChI is InChI=1S/C24H23N3O3/c28-24-19-7-4-10-26(19)20-14-25(12-18-8-9-22-23(11-18)30-16-29-22)15-21(20)27(24)13-17-5-2-1-3-6-17/h1-11,20-21H,12-16H2/t20-,21-/m1/s1. The number of hydrogen-bond acceptors (Lipinski definition) is 4. The first-order valence-corrected chi connectivity index (χ1v) is 10.4. The molecule has 1 amide bonds. The van der Waals surface area contributed by atoms with E-state index in [1.807, 2.05) is 36.4 Å². The zero-order chi connectivity index (χ0) is 20.1. The van der Waals surface area contributed by atoms with E-state index in [-0.39, 0.29) is 18.0 Å². The highest BCUT2D eigenvalue weighted by molar-refractivity contribution is 5.94. The summed E-state index contributed by atoms with van der Waals surface area (Å²) in [4.78, 5) is 17.8. The summed E-state index contributed by atoms with van der Waals surface area (Å²) in [5, 5.41) is 0. The summed E-state index contributed by atoms with van der Waals surface area (Å²) in [6, 6.07) is 20.8. The van der Waals surface area contributed by atoms with Gasteiger partial charge in [-0.25, -0.2) is 0 Å². The minimum absolute atomic E-state index is 0.120. The highest BCUT2D eigenvalue weighted by Crippen LogP contribution is 2.37. The number of nitrogens with zero attached hydrogens (tertiary/aromatic N) is 3. The van der Waals surface area contributed by atoms with Gasteiger partial charge in [-0.1, -0.05) is 36.4 Å².